The van der Waals surface area contributed by atoms with Crippen LogP contribution in [0.1, 0.15) is 24.6 Å². The number of benzene rings is 1. The summed E-state index contributed by atoms with van der Waals surface area (Å²) in [6.07, 6.45) is 0.542. The summed E-state index contributed by atoms with van der Waals surface area (Å²) in [5.41, 5.74) is 0. The first-order chi connectivity index (χ1) is 12.5. The van der Waals surface area contributed by atoms with Gasteiger partial charge in [0, 0.05) is 40.0 Å². The molecule has 26 heavy (non-hydrogen) atoms. The van der Waals surface area contributed by atoms with Crippen LogP contribution in [0.3, 0.4) is 0 Å². The molecule has 0 atom stereocenters. The molecule has 1 saturated heterocycles. The third-order valence-corrected chi connectivity index (χ3v) is 4.38. The van der Waals surface area contributed by atoms with Gasteiger partial charge in [-0.15, -0.1) is 0 Å². The standard InChI is InChI=1S/C18H22N4O4/c1-13(23)21(2)9-8-16-19-18(26-20-16)14-10-22(11-14)17(24)12-25-15-6-4-3-5-7-15/h3-7,14H,8-12H2,1-2H3. The van der Waals surface area contributed by atoms with Gasteiger partial charge in [0.15, 0.2) is 12.4 Å². The van der Waals surface area contributed by atoms with Crippen molar-refractivity contribution in [1.82, 2.24) is 19.9 Å². The number of likely N-dealkylation sites (tertiary alicyclic amines) is 1. The van der Waals surface area contributed by atoms with E-state index in [9.17, 15) is 9.59 Å². The molecule has 1 fully saturated rings. The molecule has 138 valence electrons. The molecule has 2 aromatic rings. The summed E-state index contributed by atoms with van der Waals surface area (Å²) in [6.45, 7) is 3.17. The molecule has 0 N–H and O–H groups in total. The first kappa shape index (κ1) is 17.9. The van der Waals surface area contributed by atoms with Crippen molar-refractivity contribution in [3.63, 3.8) is 0 Å². The molecule has 1 aromatic carbocycles. The van der Waals surface area contributed by atoms with E-state index >= 15 is 0 Å². The van der Waals surface area contributed by atoms with E-state index in [1.165, 1.54) is 6.92 Å². The minimum Gasteiger partial charge on any atom is -0.484 e. The summed E-state index contributed by atoms with van der Waals surface area (Å²) in [6, 6.07) is 9.25. The molecule has 2 heterocycles. The van der Waals surface area contributed by atoms with Crippen molar-refractivity contribution in [3.8, 4) is 5.75 Å². The van der Waals surface area contributed by atoms with Crippen molar-refractivity contribution in [1.29, 1.82) is 0 Å². The Bertz CT molecular complexity index is 756. The second-order valence-corrected chi connectivity index (χ2v) is 6.34. The second kappa shape index (κ2) is 7.99. The summed E-state index contributed by atoms with van der Waals surface area (Å²) in [5, 5.41) is 3.94. The molecule has 0 aliphatic carbocycles. The van der Waals surface area contributed by atoms with Crippen LogP contribution in [0.4, 0.5) is 0 Å². The summed E-state index contributed by atoms with van der Waals surface area (Å²) >= 11 is 0. The summed E-state index contributed by atoms with van der Waals surface area (Å²) in [7, 11) is 1.73. The molecule has 0 radical (unpaired) electrons. The molecule has 1 aliphatic heterocycles. The summed E-state index contributed by atoms with van der Waals surface area (Å²) in [4.78, 5) is 31.0. The van der Waals surface area contributed by atoms with E-state index in [2.05, 4.69) is 10.1 Å². The van der Waals surface area contributed by atoms with Crippen molar-refractivity contribution in [2.45, 2.75) is 19.3 Å². The predicted octanol–water partition coefficient (Wildman–Crippen LogP) is 1.10. The smallest absolute Gasteiger partial charge is 0.260 e. The topological polar surface area (TPSA) is 88.8 Å². The van der Waals surface area contributed by atoms with Crippen LogP contribution >= 0.6 is 0 Å². The number of aromatic nitrogens is 2. The van der Waals surface area contributed by atoms with Gasteiger partial charge in [0.05, 0.1) is 5.92 Å². The zero-order chi connectivity index (χ0) is 18.5. The third-order valence-electron chi connectivity index (χ3n) is 4.38. The molecule has 0 bridgehead atoms. The second-order valence-electron chi connectivity index (χ2n) is 6.34. The van der Waals surface area contributed by atoms with Crippen LogP contribution in [0.15, 0.2) is 34.9 Å². The van der Waals surface area contributed by atoms with Crippen LogP contribution < -0.4 is 4.74 Å². The lowest BCUT2D eigenvalue weighted by atomic mass is 10.0. The van der Waals surface area contributed by atoms with Gasteiger partial charge in [0.2, 0.25) is 11.8 Å². The molecule has 3 rings (SSSR count). The number of likely N-dealkylation sites (N-methyl/N-ethyl adjacent to an activating group) is 1. The van der Waals surface area contributed by atoms with Crippen molar-refractivity contribution in [2.24, 2.45) is 0 Å². The fourth-order valence-corrected chi connectivity index (χ4v) is 2.55. The molecule has 0 saturated carbocycles. The SMILES string of the molecule is CC(=O)N(C)CCc1noc(C2CN(C(=O)COc3ccccc3)C2)n1. The maximum atomic E-state index is 12.1. The third kappa shape index (κ3) is 4.38. The summed E-state index contributed by atoms with van der Waals surface area (Å²) < 4.78 is 10.8. The van der Waals surface area contributed by atoms with Gasteiger partial charge < -0.3 is 19.1 Å². The zero-order valence-corrected chi connectivity index (χ0v) is 14.9. The number of nitrogens with zero attached hydrogens (tertiary/aromatic N) is 4. The van der Waals surface area contributed by atoms with Gasteiger partial charge in [-0.3, -0.25) is 9.59 Å². The number of carbonyl (C=O) groups excluding carboxylic acids is 2. The largest absolute Gasteiger partial charge is 0.484 e. The van der Waals surface area contributed by atoms with E-state index in [1.54, 1.807) is 16.8 Å². The number of para-hydroxylation sites is 1. The molecule has 1 aromatic heterocycles. The Morgan fingerprint density at radius 1 is 1.31 bits per heavy atom. The molecule has 2 amide bonds. The Morgan fingerprint density at radius 3 is 2.73 bits per heavy atom. The van der Waals surface area contributed by atoms with Gasteiger partial charge in [0.25, 0.3) is 5.91 Å². The van der Waals surface area contributed by atoms with Crippen LogP contribution in [0.5, 0.6) is 5.75 Å². The predicted molar refractivity (Wildman–Crippen MR) is 92.6 cm³/mol. The van der Waals surface area contributed by atoms with E-state index in [4.69, 9.17) is 9.26 Å². The van der Waals surface area contributed by atoms with Crippen molar-refractivity contribution < 1.29 is 18.8 Å². The van der Waals surface area contributed by atoms with E-state index in [0.29, 0.717) is 43.5 Å². The number of rotatable bonds is 7. The van der Waals surface area contributed by atoms with Crippen LogP contribution in [-0.2, 0) is 16.0 Å². The average molecular weight is 358 g/mol. The molecule has 1 aliphatic rings. The van der Waals surface area contributed by atoms with Gasteiger partial charge in [-0.25, -0.2) is 0 Å². The highest BCUT2D eigenvalue weighted by molar-refractivity contribution is 5.78. The van der Waals surface area contributed by atoms with Gasteiger partial charge in [0.1, 0.15) is 5.75 Å². The Hall–Kier alpha value is -2.90. The van der Waals surface area contributed by atoms with Gasteiger partial charge >= 0.3 is 0 Å². The number of hydrogen-bond donors (Lipinski definition) is 0. The number of carbonyl (C=O) groups is 2. The normalized spacial score (nSPS) is 14.0. The number of amides is 2. The lowest BCUT2D eigenvalue weighted by Gasteiger charge is -2.36. The minimum absolute atomic E-state index is 0.000382. The Kier molecular flexibility index (Phi) is 5.50. The highest BCUT2D eigenvalue weighted by Gasteiger charge is 2.35. The zero-order valence-electron chi connectivity index (χ0n) is 14.9. The van der Waals surface area contributed by atoms with Gasteiger partial charge in [-0.1, -0.05) is 23.4 Å². The monoisotopic (exact) mass is 358 g/mol. The lowest BCUT2D eigenvalue weighted by molar-refractivity contribution is -0.138. The quantitative estimate of drug-likeness (QED) is 0.736. The highest BCUT2D eigenvalue weighted by atomic mass is 16.5. The van der Waals surface area contributed by atoms with Crippen molar-refractivity contribution >= 4 is 11.8 Å². The van der Waals surface area contributed by atoms with Crippen LogP contribution in [0.2, 0.25) is 0 Å². The number of hydrogen-bond acceptors (Lipinski definition) is 6. The molecular formula is C18H22N4O4. The maximum Gasteiger partial charge on any atom is 0.260 e. The molecule has 8 nitrogen and oxygen atoms in total. The van der Waals surface area contributed by atoms with E-state index in [1.807, 2.05) is 30.3 Å². The molecular weight excluding hydrogens is 336 g/mol. The lowest BCUT2D eigenvalue weighted by Crippen LogP contribution is -2.50. The first-order valence-electron chi connectivity index (χ1n) is 8.52. The Morgan fingerprint density at radius 2 is 2.04 bits per heavy atom. The Labute approximate surface area is 151 Å². The highest BCUT2D eigenvalue weighted by Crippen LogP contribution is 2.26. The van der Waals surface area contributed by atoms with Gasteiger partial charge in [-0.05, 0) is 12.1 Å². The van der Waals surface area contributed by atoms with E-state index in [0.717, 1.165) is 0 Å². The fourth-order valence-electron chi connectivity index (χ4n) is 2.55. The molecule has 0 spiro atoms. The van der Waals surface area contributed by atoms with Gasteiger partial charge in [-0.2, -0.15) is 4.98 Å². The minimum atomic E-state index is -0.0621. The van der Waals surface area contributed by atoms with Crippen LogP contribution in [0.25, 0.3) is 0 Å². The van der Waals surface area contributed by atoms with Crippen molar-refractivity contribution in [3.05, 3.63) is 42.0 Å². The average Bonchev–Trinajstić information content (AvgIpc) is 3.06. The Balaban J connectivity index is 1.42. The molecule has 8 heteroatoms. The van der Waals surface area contributed by atoms with Crippen LogP contribution in [0, 0.1) is 0 Å². The number of ether oxygens (including phenoxy) is 1. The molecule has 0 unspecified atom stereocenters. The summed E-state index contributed by atoms with van der Waals surface area (Å²) in [5.74, 6) is 1.79. The van der Waals surface area contributed by atoms with E-state index in [-0.39, 0.29) is 24.3 Å². The maximum absolute atomic E-state index is 12.1. The van der Waals surface area contributed by atoms with Crippen LogP contribution in [-0.4, -0.2) is 65.0 Å². The van der Waals surface area contributed by atoms with Crippen molar-refractivity contribution in [2.75, 3.05) is 33.3 Å². The van der Waals surface area contributed by atoms with E-state index < -0.39 is 0 Å². The first-order valence-corrected chi connectivity index (χ1v) is 8.52. The fraction of sp³-hybridized carbons (Fsp3) is 0.444.